The first kappa shape index (κ1) is 18.1. The summed E-state index contributed by atoms with van der Waals surface area (Å²) in [6.45, 7) is 10.1. The molecule has 2 unspecified atom stereocenters. The minimum atomic E-state index is -0.530. The highest BCUT2D eigenvalue weighted by Crippen LogP contribution is 2.23. The van der Waals surface area contributed by atoms with Crippen molar-refractivity contribution in [3.63, 3.8) is 0 Å². The van der Waals surface area contributed by atoms with Crippen molar-refractivity contribution >= 4 is 17.7 Å². The fourth-order valence-electron chi connectivity index (χ4n) is 2.39. The van der Waals surface area contributed by atoms with Crippen LogP contribution in [-0.2, 0) is 4.79 Å². The first-order chi connectivity index (χ1) is 9.84. The van der Waals surface area contributed by atoms with Crippen LogP contribution in [0.1, 0.15) is 46.3 Å². The van der Waals surface area contributed by atoms with Gasteiger partial charge in [-0.05, 0) is 40.2 Å². The van der Waals surface area contributed by atoms with E-state index in [0.717, 1.165) is 5.56 Å². The zero-order valence-electron chi connectivity index (χ0n) is 13.6. The largest absolute Gasteiger partial charge is 0.388 e. The van der Waals surface area contributed by atoms with Gasteiger partial charge in [-0.15, -0.1) is 11.8 Å². The normalized spacial score (nSPS) is 14.3. The summed E-state index contributed by atoms with van der Waals surface area (Å²) in [6.07, 6.45) is -0.530. The quantitative estimate of drug-likeness (QED) is 0.838. The summed E-state index contributed by atoms with van der Waals surface area (Å²) < 4.78 is 0. The number of aliphatic hydroxyl groups is 1. The standard InChI is InChI=1S/C17H27NO2S/c1-12(2)18(13(3)4)17(20)14(5)21-11-16(19)15-9-7-6-8-10-15/h6-10,12-14,16,19H,11H2,1-5H3. The summed E-state index contributed by atoms with van der Waals surface area (Å²) in [5, 5.41) is 10.0. The Morgan fingerprint density at radius 2 is 1.62 bits per heavy atom. The van der Waals surface area contributed by atoms with Gasteiger partial charge in [0.2, 0.25) is 5.91 Å². The molecular formula is C17H27NO2S. The molecule has 0 fully saturated rings. The lowest BCUT2D eigenvalue weighted by Gasteiger charge is -2.33. The molecule has 3 nitrogen and oxygen atoms in total. The third kappa shape index (κ3) is 5.36. The number of carbonyl (C=O) groups is 1. The molecule has 2 atom stereocenters. The summed E-state index contributed by atoms with van der Waals surface area (Å²) in [7, 11) is 0. The van der Waals surface area contributed by atoms with Crippen molar-refractivity contribution in [2.24, 2.45) is 0 Å². The van der Waals surface area contributed by atoms with Crippen LogP contribution in [0.4, 0.5) is 0 Å². The van der Waals surface area contributed by atoms with Gasteiger partial charge in [0.05, 0.1) is 11.4 Å². The first-order valence-electron chi connectivity index (χ1n) is 7.51. The number of benzene rings is 1. The average Bonchev–Trinajstić information content (AvgIpc) is 2.44. The topological polar surface area (TPSA) is 40.5 Å². The Balaban J connectivity index is 2.56. The van der Waals surface area contributed by atoms with E-state index < -0.39 is 6.10 Å². The molecule has 0 bridgehead atoms. The Hall–Kier alpha value is -1.00. The van der Waals surface area contributed by atoms with Crippen molar-refractivity contribution < 1.29 is 9.90 Å². The molecule has 1 aromatic rings. The Labute approximate surface area is 132 Å². The maximum Gasteiger partial charge on any atom is 0.235 e. The van der Waals surface area contributed by atoms with Gasteiger partial charge in [0, 0.05) is 17.8 Å². The SMILES string of the molecule is CC(SCC(O)c1ccccc1)C(=O)N(C(C)C)C(C)C. The van der Waals surface area contributed by atoms with E-state index in [1.165, 1.54) is 11.8 Å². The second-order valence-corrected chi connectivity index (χ2v) is 7.21. The van der Waals surface area contributed by atoms with Crippen LogP contribution in [-0.4, -0.2) is 39.0 Å². The number of nitrogens with zero attached hydrogens (tertiary/aromatic N) is 1. The van der Waals surface area contributed by atoms with E-state index in [2.05, 4.69) is 0 Å². The Bertz CT molecular complexity index is 426. The number of amides is 1. The molecule has 0 spiro atoms. The van der Waals surface area contributed by atoms with Crippen LogP contribution < -0.4 is 0 Å². The summed E-state index contributed by atoms with van der Waals surface area (Å²) in [4.78, 5) is 14.4. The van der Waals surface area contributed by atoms with Gasteiger partial charge in [-0.1, -0.05) is 30.3 Å². The van der Waals surface area contributed by atoms with Crippen LogP contribution in [0.2, 0.25) is 0 Å². The second kappa shape index (κ2) is 8.44. The summed E-state index contributed by atoms with van der Waals surface area (Å²) >= 11 is 1.51. The molecular weight excluding hydrogens is 282 g/mol. The minimum absolute atomic E-state index is 0.144. The van der Waals surface area contributed by atoms with E-state index in [9.17, 15) is 9.90 Å². The van der Waals surface area contributed by atoms with Crippen LogP contribution in [0, 0.1) is 0 Å². The smallest absolute Gasteiger partial charge is 0.235 e. The van der Waals surface area contributed by atoms with E-state index in [0.29, 0.717) is 5.75 Å². The molecule has 1 N–H and O–H groups in total. The van der Waals surface area contributed by atoms with Crippen LogP contribution >= 0.6 is 11.8 Å². The number of carbonyl (C=O) groups excluding carboxylic acids is 1. The van der Waals surface area contributed by atoms with E-state index in [-0.39, 0.29) is 23.2 Å². The van der Waals surface area contributed by atoms with Crippen molar-refractivity contribution in [2.45, 2.75) is 58.1 Å². The fraction of sp³-hybridized carbons (Fsp3) is 0.588. The van der Waals surface area contributed by atoms with Gasteiger partial charge >= 0.3 is 0 Å². The lowest BCUT2D eigenvalue weighted by Crippen LogP contribution is -2.45. The van der Waals surface area contributed by atoms with E-state index in [1.807, 2.05) is 69.9 Å². The molecule has 0 aliphatic carbocycles. The van der Waals surface area contributed by atoms with Crippen LogP contribution in [0.15, 0.2) is 30.3 Å². The summed E-state index contributed by atoms with van der Waals surface area (Å²) in [5.74, 6) is 0.672. The molecule has 0 saturated carbocycles. The van der Waals surface area contributed by atoms with Crippen LogP contribution in [0.5, 0.6) is 0 Å². The molecule has 0 aliphatic heterocycles. The predicted octanol–water partition coefficient (Wildman–Crippen LogP) is 3.49. The molecule has 0 aliphatic rings. The monoisotopic (exact) mass is 309 g/mol. The van der Waals surface area contributed by atoms with Gasteiger partial charge in [0.25, 0.3) is 0 Å². The van der Waals surface area contributed by atoms with Gasteiger partial charge in [-0.25, -0.2) is 0 Å². The molecule has 0 saturated heterocycles. The van der Waals surface area contributed by atoms with E-state index >= 15 is 0 Å². The van der Waals surface area contributed by atoms with Crippen molar-refractivity contribution in [2.75, 3.05) is 5.75 Å². The van der Waals surface area contributed by atoms with Gasteiger partial charge < -0.3 is 10.0 Å². The third-order valence-corrected chi connectivity index (χ3v) is 4.61. The van der Waals surface area contributed by atoms with Gasteiger partial charge in [-0.2, -0.15) is 0 Å². The van der Waals surface area contributed by atoms with Crippen LogP contribution in [0.25, 0.3) is 0 Å². The first-order valence-corrected chi connectivity index (χ1v) is 8.56. The number of hydrogen-bond acceptors (Lipinski definition) is 3. The molecule has 0 heterocycles. The van der Waals surface area contributed by atoms with Gasteiger partial charge in [-0.3, -0.25) is 4.79 Å². The molecule has 0 aromatic heterocycles. The third-order valence-electron chi connectivity index (χ3n) is 3.40. The highest BCUT2D eigenvalue weighted by Gasteiger charge is 2.25. The second-order valence-electron chi connectivity index (χ2n) is 5.84. The Kier molecular flexibility index (Phi) is 7.26. The number of thioether (sulfide) groups is 1. The maximum absolute atomic E-state index is 12.5. The van der Waals surface area contributed by atoms with Crippen molar-refractivity contribution in [1.29, 1.82) is 0 Å². The molecule has 21 heavy (non-hydrogen) atoms. The fourth-order valence-corrected chi connectivity index (χ4v) is 3.32. The minimum Gasteiger partial charge on any atom is -0.388 e. The predicted molar refractivity (Wildman–Crippen MR) is 90.4 cm³/mol. The van der Waals surface area contributed by atoms with Crippen molar-refractivity contribution in [3.05, 3.63) is 35.9 Å². The number of hydrogen-bond donors (Lipinski definition) is 1. The molecule has 1 aromatic carbocycles. The van der Waals surface area contributed by atoms with Crippen LogP contribution in [0.3, 0.4) is 0 Å². The van der Waals surface area contributed by atoms with E-state index in [1.54, 1.807) is 0 Å². The Morgan fingerprint density at radius 1 is 1.10 bits per heavy atom. The zero-order chi connectivity index (χ0) is 16.0. The average molecular weight is 309 g/mol. The zero-order valence-corrected chi connectivity index (χ0v) is 14.4. The van der Waals surface area contributed by atoms with E-state index in [4.69, 9.17) is 0 Å². The molecule has 1 rings (SSSR count). The maximum atomic E-state index is 12.5. The highest BCUT2D eigenvalue weighted by molar-refractivity contribution is 8.00. The summed E-state index contributed by atoms with van der Waals surface area (Å²) in [5.41, 5.74) is 0.897. The van der Waals surface area contributed by atoms with Gasteiger partial charge in [0.1, 0.15) is 0 Å². The molecule has 1 amide bonds. The lowest BCUT2D eigenvalue weighted by atomic mass is 10.1. The molecule has 118 valence electrons. The molecule has 4 heteroatoms. The highest BCUT2D eigenvalue weighted by atomic mass is 32.2. The van der Waals surface area contributed by atoms with Gasteiger partial charge in [0.15, 0.2) is 0 Å². The Morgan fingerprint density at radius 3 is 2.10 bits per heavy atom. The summed E-state index contributed by atoms with van der Waals surface area (Å²) in [6, 6.07) is 9.96. The number of aliphatic hydroxyl groups excluding tert-OH is 1. The van der Waals surface area contributed by atoms with Crippen molar-refractivity contribution in [3.8, 4) is 0 Å². The van der Waals surface area contributed by atoms with Crippen molar-refractivity contribution in [1.82, 2.24) is 4.90 Å². The lowest BCUT2D eigenvalue weighted by molar-refractivity contribution is -0.133. The molecule has 0 radical (unpaired) electrons. The number of rotatable bonds is 7.